The maximum atomic E-state index is 12.4. The standard InChI is InChI=1S/C16H16O4/c1-9-7-12-11-5-3-4-6-13(11)20-15(19)16(12,14(17)18)8-10(9)2/h3-6,12H,7-8H2,1-2H3,(H,17,18)/t12-,16-/m0/s1. The number of allylic oxidation sites excluding steroid dienone is 2. The lowest BCUT2D eigenvalue weighted by atomic mass is 9.61. The van der Waals surface area contributed by atoms with Crippen LogP contribution in [0.5, 0.6) is 5.75 Å². The minimum absolute atomic E-state index is 0.228. The number of carbonyl (C=O) groups is 2. The Morgan fingerprint density at radius 3 is 2.70 bits per heavy atom. The van der Waals surface area contributed by atoms with Crippen LogP contribution in [0, 0.1) is 5.41 Å². The van der Waals surface area contributed by atoms with E-state index in [4.69, 9.17) is 4.74 Å². The van der Waals surface area contributed by atoms with Crippen LogP contribution in [0.4, 0.5) is 0 Å². The summed E-state index contributed by atoms with van der Waals surface area (Å²) in [6.45, 7) is 3.90. The van der Waals surface area contributed by atoms with E-state index in [1.807, 2.05) is 26.0 Å². The van der Waals surface area contributed by atoms with Crippen LogP contribution in [-0.4, -0.2) is 17.0 Å². The van der Waals surface area contributed by atoms with E-state index in [-0.39, 0.29) is 12.3 Å². The van der Waals surface area contributed by atoms with Gasteiger partial charge in [0.15, 0.2) is 5.41 Å². The van der Waals surface area contributed by atoms with Crippen molar-refractivity contribution in [1.82, 2.24) is 0 Å². The summed E-state index contributed by atoms with van der Waals surface area (Å²) >= 11 is 0. The smallest absolute Gasteiger partial charge is 0.329 e. The molecule has 3 rings (SSSR count). The second-order valence-corrected chi connectivity index (χ2v) is 5.70. The van der Waals surface area contributed by atoms with Crippen molar-refractivity contribution < 1.29 is 19.4 Å². The normalized spacial score (nSPS) is 28.5. The number of hydrogen-bond donors (Lipinski definition) is 1. The van der Waals surface area contributed by atoms with Gasteiger partial charge in [0.05, 0.1) is 0 Å². The molecule has 20 heavy (non-hydrogen) atoms. The van der Waals surface area contributed by atoms with Crippen molar-refractivity contribution in [2.75, 3.05) is 0 Å². The van der Waals surface area contributed by atoms with E-state index < -0.39 is 17.4 Å². The molecule has 0 radical (unpaired) electrons. The van der Waals surface area contributed by atoms with E-state index in [1.165, 1.54) is 0 Å². The Morgan fingerprint density at radius 2 is 2.00 bits per heavy atom. The van der Waals surface area contributed by atoms with Gasteiger partial charge in [0.2, 0.25) is 0 Å². The molecule has 0 aromatic heterocycles. The zero-order chi connectivity index (χ0) is 14.5. The summed E-state index contributed by atoms with van der Waals surface area (Å²) in [6.07, 6.45) is 0.816. The molecule has 0 saturated carbocycles. The van der Waals surface area contributed by atoms with Crippen molar-refractivity contribution in [2.24, 2.45) is 5.41 Å². The topological polar surface area (TPSA) is 63.6 Å². The third kappa shape index (κ3) is 1.54. The summed E-state index contributed by atoms with van der Waals surface area (Å²) in [6, 6.07) is 7.22. The second kappa shape index (κ2) is 4.20. The van der Waals surface area contributed by atoms with Gasteiger partial charge >= 0.3 is 11.9 Å². The highest BCUT2D eigenvalue weighted by atomic mass is 16.5. The van der Waals surface area contributed by atoms with Gasteiger partial charge in [0.25, 0.3) is 0 Å². The molecule has 1 aromatic rings. The summed E-state index contributed by atoms with van der Waals surface area (Å²) < 4.78 is 5.31. The van der Waals surface area contributed by atoms with Crippen LogP contribution in [0.25, 0.3) is 0 Å². The highest BCUT2D eigenvalue weighted by Gasteiger charge is 2.59. The maximum Gasteiger partial charge on any atom is 0.329 e. The molecular weight excluding hydrogens is 256 g/mol. The van der Waals surface area contributed by atoms with Gasteiger partial charge in [-0.05, 0) is 32.8 Å². The van der Waals surface area contributed by atoms with Crippen LogP contribution in [0.3, 0.4) is 0 Å². The van der Waals surface area contributed by atoms with E-state index in [0.29, 0.717) is 12.2 Å². The Labute approximate surface area is 117 Å². The first-order chi connectivity index (χ1) is 9.46. The molecule has 1 aromatic carbocycles. The zero-order valence-electron chi connectivity index (χ0n) is 11.5. The number of carbonyl (C=O) groups excluding carboxylic acids is 1. The minimum Gasteiger partial charge on any atom is -0.480 e. The average molecular weight is 272 g/mol. The van der Waals surface area contributed by atoms with Gasteiger partial charge in [-0.1, -0.05) is 29.3 Å². The van der Waals surface area contributed by atoms with Crippen LogP contribution in [-0.2, 0) is 9.59 Å². The van der Waals surface area contributed by atoms with Crippen molar-refractivity contribution in [3.8, 4) is 5.75 Å². The van der Waals surface area contributed by atoms with Crippen molar-refractivity contribution in [2.45, 2.75) is 32.6 Å². The monoisotopic (exact) mass is 272 g/mol. The quantitative estimate of drug-likeness (QED) is 0.369. The first-order valence-corrected chi connectivity index (χ1v) is 6.66. The molecular formula is C16H16O4. The zero-order valence-corrected chi connectivity index (χ0v) is 11.5. The molecule has 4 nitrogen and oxygen atoms in total. The van der Waals surface area contributed by atoms with Crippen LogP contribution in [0.15, 0.2) is 35.4 Å². The predicted molar refractivity (Wildman–Crippen MR) is 72.5 cm³/mol. The molecule has 104 valence electrons. The molecule has 2 aliphatic rings. The van der Waals surface area contributed by atoms with E-state index in [1.54, 1.807) is 12.1 Å². The van der Waals surface area contributed by atoms with Crippen molar-refractivity contribution in [3.63, 3.8) is 0 Å². The molecule has 1 N–H and O–H groups in total. The number of benzene rings is 1. The molecule has 0 saturated heterocycles. The first kappa shape index (κ1) is 12.9. The van der Waals surface area contributed by atoms with E-state index >= 15 is 0 Å². The Morgan fingerprint density at radius 1 is 1.30 bits per heavy atom. The fraction of sp³-hybridized carbons (Fsp3) is 0.375. The molecule has 0 amide bonds. The molecule has 0 fully saturated rings. The average Bonchev–Trinajstić information content (AvgIpc) is 2.41. The number of carboxylic acids is 1. The molecule has 1 aliphatic heterocycles. The largest absolute Gasteiger partial charge is 0.480 e. The number of esters is 1. The highest BCUT2D eigenvalue weighted by molar-refractivity contribution is 6.03. The summed E-state index contributed by atoms with van der Waals surface area (Å²) in [5.74, 6) is -1.58. The Bertz CT molecular complexity index is 644. The molecule has 2 atom stereocenters. The molecule has 0 unspecified atom stereocenters. The Kier molecular flexibility index (Phi) is 2.71. The van der Waals surface area contributed by atoms with E-state index in [2.05, 4.69) is 0 Å². The number of aliphatic carboxylic acids is 1. The van der Waals surface area contributed by atoms with Crippen LogP contribution in [0.1, 0.15) is 38.2 Å². The maximum absolute atomic E-state index is 12.4. The van der Waals surface area contributed by atoms with Crippen LogP contribution >= 0.6 is 0 Å². The number of ether oxygens (including phenoxy) is 1. The molecule has 1 heterocycles. The lowest BCUT2D eigenvalue weighted by molar-refractivity contribution is -0.167. The van der Waals surface area contributed by atoms with E-state index in [9.17, 15) is 14.7 Å². The number of fused-ring (bicyclic) bond motifs is 3. The fourth-order valence-corrected chi connectivity index (χ4v) is 3.30. The molecule has 0 bridgehead atoms. The summed E-state index contributed by atoms with van der Waals surface area (Å²) in [4.78, 5) is 24.2. The van der Waals surface area contributed by atoms with Crippen molar-refractivity contribution in [1.29, 1.82) is 0 Å². The Balaban J connectivity index is 2.24. The summed E-state index contributed by atoms with van der Waals surface area (Å²) in [7, 11) is 0. The fourth-order valence-electron chi connectivity index (χ4n) is 3.30. The van der Waals surface area contributed by atoms with Crippen molar-refractivity contribution in [3.05, 3.63) is 41.0 Å². The molecule has 0 spiro atoms. The third-order valence-electron chi connectivity index (χ3n) is 4.62. The molecule has 1 aliphatic carbocycles. The Hall–Kier alpha value is -2.10. The van der Waals surface area contributed by atoms with Gasteiger partial charge in [-0.25, -0.2) is 0 Å². The molecule has 4 heteroatoms. The van der Waals surface area contributed by atoms with Gasteiger partial charge in [-0.15, -0.1) is 0 Å². The number of rotatable bonds is 1. The van der Waals surface area contributed by atoms with Gasteiger partial charge < -0.3 is 9.84 Å². The number of para-hydroxylation sites is 1. The summed E-state index contributed by atoms with van der Waals surface area (Å²) in [5.41, 5.74) is 1.48. The second-order valence-electron chi connectivity index (χ2n) is 5.70. The number of hydrogen-bond acceptors (Lipinski definition) is 3. The van der Waals surface area contributed by atoms with Crippen molar-refractivity contribution >= 4 is 11.9 Å². The third-order valence-corrected chi connectivity index (χ3v) is 4.62. The predicted octanol–water partition coefficient (Wildman–Crippen LogP) is 2.89. The van der Waals surface area contributed by atoms with Crippen LogP contribution < -0.4 is 4.74 Å². The lowest BCUT2D eigenvalue weighted by Crippen LogP contribution is -2.51. The lowest BCUT2D eigenvalue weighted by Gasteiger charge is -2.43. The SMILES string of the molecule is CC1=C(C)C[C@]2(C(=O)O)C(=O)Oc3ccccc3[C@@H]2C1. The number of carboxylic acid groups (broad SMARTS) is 1. The van der Waals surface area contributed by atoms with Gasteiger partial charge in [0, 0.05) is 11.5 Å². The first-order valence-electron chi connectivity index (χ1n) is 6.66. The van der Waals surface area contributed by atoms with Gasteiger partial charge in [0.1, 0.15) is 5.75 Å². The summed E-state index contributed by atoms with van der Waals surface area (Å²) in [5, 5.41) is 9.70. The van der Waals surface area contributed by atoms with Gasteiger partial charge in [-0.3, -0.25) is 9.59 Å². The highest BCUT2D eigenvalue weighted by Crippen LogP contribution is 2.54. The van der Waals surface area contributed by atoms with Gasteiger partial charge in [-0.2, -0.15) is 0 Å². The van der Waals surface area contributed by atoms with Crippen LogP contribution in [0.2, 0.25) is 0 Å². The minimum atomic E-state index is -1.47. The van der Waals surface area contributed by atoms with E-state index in [0.717, 1.165) is 16.7 Å².